The summed E-state index contributed by atoms with van der Waals surface area (Å²) in [7, 11) is 0. The van der Waals surface area contributed by atoms with E-state index < -0.39 is 0 Å². The number of hydrogen-bond donors (Lipinski definition) is 0. The van der Waals surface area contributed by atoms with Gasteiger partial charge in [0, 0.05) is 22.4 Å². The van der Waals surface area contributed by atoms with Crippen LogP contribution >= 0.6 is 34.4 Å². The molecule has 8 heterocycles. The Morgan fingerprint density at radius 1 is 1.07 bits per heavy atom. The van der Waals surface area contributed by atoms with Crippen LogP contribution in [-0.2, 0) is 0 Å². The number of hydrogen-bond acceptors (Lipinski definition) is 6. The molecule has 6 aromatic rings. The number of allylic oxidation sites excluding steroid dienone is 1. The number of thiophene rings is 2. The highest BCUT2D eigenvalue weighted by atomic mass is 32.2. The first-order chi connectivity index (χ1) is 14.2. The molecule has 0 spiro atoms. The highest BCUT2D eigenvalue weighted by molar-refractivity contribution is 8.03. The number of rotatable bonds is 0. The van der Waals surface area contributed by atoms with Gasteiger partial charge in [-0.05, 0) is 29.0 Å². The fourth-order valence-electron chi connectivity index (χ4n) is 5.03. The minimum absolute atomic E-state index is 0.00172. The molecule has 0 saturated carbocycles. The lowest BCUT2D eigenvalue weighted by Crippen LogP contribution is -2.32. The van der Waals surface area contributed by atoms with Gasteiger partial charge in [-0.1, -0.05) is 6.08 Å². The molecule has 2 aliphatic heterocycles. The molecule has 2 aliphatic rings. The number of pyridine rings is 3. The molecule has 5 nitrogen and oxygen atoms in total. The zero-order valence-corrected chi connectivity index (χ0v) is 17.0. The van der Waals surface area contributed by atoms with E-state index >= 15 is 0 Å². The van der Waals surface area contributed by atoms with Crippen LogP contribution in [0.3, 0.4) is 0 Å². The third kappa shape index (κ3) is 1.55. The van der Waals surface area contributed by atoms with E-state index in [9.17, 15) is 9.59 Å². The SMILES string of the molecule is O=c1c2sc3c(=O)n4c5ccsc5cc4c4ncc(c5n1C1C=CSC1C=5)c2c34. The van der Waals surface area contributed by atoms with E-state index in [1.54, 1.807) is 27.5 Å². The molecule has 0 aromatic carbocycles. The van der Waals surface area contributed by atoms with E-state index in [2.05, 4.69) is 17.6 Å². The van der Waals surface area contributed by atoms with Crippen LogP contribution < -0.4 is 16.5 Å². The molecule has 8 rings (SSSR count). The second kappa shape index (κ2) is 4.72. The summed E-state index contributed by atoms with van der Waals surface area (Å²) in [5, 5.41) is 7.98. The van der Waals surface area contributed by atoms with Crippen molar-refractivity contribution >= 4 is 87.3 Å². The van der Waals surface area contributed by atoms with E-state index in [1.807, 2.05) is 28.3 Å². The van der Waals surface area contributed by atoms with Crippen molar-refractivity contribution in [1.82, 2.24) is 14.0 Å². The molecular weight excluding hydrogens is 422 g/mol. The Morgan fingerprint density at radius 3 is 2.90 bits per heavy atom. The molecule has 0 fully saturated rings. The van der Waals surface area contributed by atoms with Crippen molar-refractivity contribution in [1.29, 1.82) is 0 Å². The molecule has 0 saturated heterocycles. The second-order valence-corrected chi connectivity index (χ2v) is 10.6. The van der Waals surface area contributed by atoms with Gasteiger partial charge in [-0.25, -0.2) is 0 Å². The highest BCUT2D eigenvalue weighted by Crippen LogP contribution is 2.41. The Bertz CT molecular complexity index is 1900. The fraction of sp³-hybridized carbons (Fsp3) is 0.0952. The van der Waals surface area contributed by atoms with Gasteiger partial charge >= 0.3 is 0 Å². The summed E-state index contributed by atoms with van der Waals surface area (Å²) in [6.07, 6.45) is 6.16. The molecule has 138 valence electrons. The molecule has 6 aromatic heterocycles. The van der Waals surface area contributed by atoms with E-state index in [1.165, 1.54) is 11.3 Å². The van der Waals surface area contributed by atoms with E-state index in [4.69, 9.17) is 4.98 Å². The van der Waals surface area contributed by atoms with Crippen LogP contribution in [0.25, 0.3) is 52.9 Å². The van der Waals surface area contributed by atoms with Crippen molar-refractivity contribution in [3.8, 4) is 0 Å². The smallest absolute Gasteiger partial charge is 0.273 e. The standard InChI is InChI=1S/C21H9N3O2S3/c25-20-18-15-8(11-5-13-9(23(11)20)1-3-27-13)7-22-17-12-6-14-10(2-4-28-14)24(12)21(26)19(29-18)16(15)17/h1-7,9,13H. The summed E-state index contributed by atoms with van der Waals surface area (Å²) in [5.41, 5.74) is 2.49. The summed E-state index contributed by atoms with van der Waals surface area (Å²) < 4.78 is 6.01. The Kier molecular flexibility index (Phi) is 2.47. The van der Waals surface area contributed by atoms with Crippen LogP contribution in [0.5, 0.6) is 0 Å². The minimum Gasteiger partial charge on any atom is -0.299 e. The van der Waals surface area contributed by atoms with Crippen molar-refractivity contribution in [3.63, 3.8) is 0 Å². The van der Waals surface area contributed by atoms with Gasteiger partial charge in [-0.2, -0.15) is 0 Å². The van der Waals surface area contributed by atoms with Crippen molar-refractivity contribution in [3.05, 3.63) is 61.3 Å². The summed E-state index contributed by atoms with van der Waals surface area (Å²) in [4.78, 5) is 31.8. The predicted molar refractivity (Wildman–Crippen MR) is 122 cm³/mol. The lowest BCUT2D eigenvalue weighted by molar-refractivity contribution is 0.639. The average molecular weight is 432 g/mol. The first-order valence-electron chi connectivity index (χ1n) is 9.20. The number of aromatic nitrogens is 3. The lowest BCUT2D eigenvalue weighted by atomic mass is 10.1. The summed E-state index contributed by atoms with van der Waals surface area (Å²) in [6.45, 7) is 0. The molecule has 2 atom stereocenters. The number of fused-ring (bicyclic) bond motifs is 8. The molecule has 0 N–H and O–H groups in total. The fourth-order valence-corrected chi connectivity index (χ4v) is 8.03. The third-order valence-electron chi connectivity index (χ3n) is 6.22. The van der Waals surface area contributed by atoms with Gasteiger partial charge in [0.05, 0.1) is 37.9 Å². The van der Waals surface area contributed by atoms with Gasteiger partial charge in [0.15, 0.2) is 0 Å². The maximum Gasteiger partial charge on any atom is 0.273 e. The summed E-state index contributed by atoms with van der Waals surface area (Å²) >= 11 is 4.69. The summed E-state index contributed by atoms with van der Waals surface area (Å²) in [5.74, 6) is 0. The molecule has 0 bridgehead atoms. The van der Waals surface area contributed by atoms with Crippen LogP contribution in [0.4, 0.5) is 0 Å². The first kappa shape index (κ1) is 15.2. The van der Waals surface area contributed by atoms with Gasteiger partial charge in [-0.15, -0.1) is 34.4 Å². The van der Waals surface area contributed by atoms with Gasteiger partial charge in [0.1, 0.15) is 9.40 Å². The van der Waals surface area contributed by atoms with Crippen molar-refractivity contribution in [2.45, 2.75) is 11.3 Å². The molecule has 2 unspecified atom stereocenters. The maximum absolute atomic E-state index is 13.5. The number of thioether (sulfide) groups is 1. The molecule has 8 heteroatoms. The molecule has 0 amide bonds. The Labute approximate surface area is 173 Å². The van der Waals surface area contributed by atoms with E-state index in [-0.39, 0.29) is 22.4 Å². The van der Waals surface area contributed by atoms with Crippen LogP contribution in [0.2, 0.25) is 0 Å². The van der Waals surface area contributed by atoms with Crippen LogP contribution in [0, 0.1) is 0 Å². The molecule has 0 radical (unpaired) electrons. The lowest BCUT2D eigenvalue weighted by Gasteiger charge is -2.12. The molecule has 0 aliphatic carbocycles. The van der Waals surface area contributed by atoms with Crippen LogP contribution in [-0.4, -0.2) is 19.2 Å². The van der Waals surface area contributed by atoms with Crippen molar-refractivity contribution in [2.75, 3.05) is 0 Å². The largest absolute Gasteiger partial charge is 0.299 e. The number of nitrogens with zero attached hydrogens (tertiary/aromatic N) is 3. The quantitative estimate of drug-likeness (QED) is 0.344. The average Bonchev–Trinajstić information content (AvgIpc) is 3.49. The summed E-state index contributed by atoms with van der Waals surface area (Å²) in [6, 6.07) is 4.07. The Hall–Kier alpha value is -2.68. The van der Waals surface area contributed by atoms with Gasteiger partial charge in [0.2, 0.25) is 0 Å². The Balaban J connectivity index is 1.71. The van der Waals surface area contributed by atoms with Crippen LogP contribution in [0.1, 0.15) is 6.04 Å². The zero-order valence-electron chi connectivity index (χ0n) is 14.6. The van der Waals surface area contributed by atoms with Crippen molar-refractivity contribution in [2.24, 2.45) is 0 Å². The third-order valence-corrected chi connectivity index (χ3v) is 9.28. The monoisotopic (exact) mass is 431 g/mol. The zero-order chi connectivity index (χ0) is 19.0. The second-order valence-electron chi connectivity index (χ2n) is 7.52. The first-order valence-corrected chi connectivity index (χ1v) is 11.8. The van der Waals surface area contributed by atoms with Gasteiger partial charge in [0.25, 0.3) is 11.1 Å². The minimum atomic E-state index is -0.0564. The van der Waals surface area contributed by atoms with Crippen molar-refractivity contribution < 1.29 is 0 Å². The molecule has 29 heavy (non-hydrogen) atoms. The van der Waals surface area contributed by atoms with Crippen LogP contribution in [0.15, 0.2) is 44.8 Å². The topological polar surface area (TPSA) is 56.4 Å². The molecular formula is C21H9N3O2S3. The van der Waals surface area contributed by atoms with Gasteiger partial charge in [-0.3, -0.25) is 23.5 Å². The predicted octanol–water partition coefficient (Wildman–Crippen LogP) is 3.71. The highest BCUT2D eigenvalue weighted by Gasteiger charge is 2.33. The normalized spacial score (nSPS) is 20.7. The van der Waals surface area contributed by atoms with E-state index in [0.717, 1.165) is 42.8 Å². The Morgan fingerprint density at radius 2 is 1.97 bits per heavy atom. The maximum atomic E-state index is 13.5. The van der Waals surface area contributed by atoms with Gasteiger partial charge < -0.3 is 0 Å². The van der Waals surface area contributed by atoms with E-state index in [0.29, 0.717) is 9.40 Å².